The zero-order valence-corrected chi connectivity index (χ0v) is 9.39. The van der Waals surface area contributed by atoms with Crippen LogP contribution in [-0.4, -0.2) is 11.2 Å². The van der Waals surface area contributed by atoms with Gasteiger partial charge in [-0.1, -0.05) is 17.7 Å². The van der Waals surface area contributed by atoms with Crippen LogP contribution in [0.3, 0.4) is 0 Å². The lowest BCUT2D eigenvalue weighted by molar-refractivity contribution is 0.260. The Morgan fingerprint density at radius 3 is 3.07 bits per heavy atom. The highest BCUT2D eigenvalue weighted by Crippen LogP contribution is 2.41. The van der Waals surface area contributed by atoms with Gasteiger partial charge >= 0.3 is 0 Å². The minimum absolute atomic E-state index is 0.392. The molecule has 0 bridgehead atoms. The van der Waals surface area contributed by atoms with E-state index < -0.39 is 5.72 Å². The van der Waals surface area contributed by atoms with Crippen LogP contribution in [0.25, 0.3) is 0 Å². The molecule has 1 spiro atoms. The van der Waals surface area contributed by atoms with Crippen molar-refractivity contribution in [3.05, 3.63) is 34.3 Å². The van der Waals surface area contributed by atoms with Gasteiger partial charge in [0.25, 0.3) is 0 Å². The number of rotatable bonds is 0. The van der Waals surface area contributed by atoms with E-state index >= 15 is 0 Å². The lowest BCUT2D eigenvalue weighted by Crippen LogP contribution is -2.32. The van der Waals surface area contributed by atoms with Crippen LogP contribution in [0, 0.1) is 0 Å². The maximum atomic E-state index is 5.92. The number of hydrazone groups is 1. The molecule has 1 N–H and O–H groups in total. The minimum atomic E-state index is -0.392. The molecule has 1 aromatic carbocycles. The van der Waals surface area contributed by atoms with Crippen LogP contribution in [0.2, 0.25) is 5.02 Å². The van der Waals surface area contributed by atoms with Gasteiger partial charge in [0.2, 0.25) is 5.72 Å². The first-order chi connectivity index (χ1) is 6.71. The molecule has 1 fully saturated rings. The predicted octanol–water partition coefficient (Wildman–Crippen LogP) is 2.18. The van der Waals surface area contributed by atoms with Gasteiger partial charge in [-0.2, -0.15) is 5.10 Å². The first kappa shape index (κ1) is 8.71. The molecule has 72 valence electrons. The van der Waals surface area contributed by atoms with Gasteiger partial charge in [0, 0.05) is 16.1 Å². The lowest BCUT2D eigenvalue weighted by atomic mass is 10.0. The molecule has 1 atom stereocenters. The molecular weight excluding hydrogens is 267 g/mol. The molecule has 0 amide bonds. The standard InChI is InChI=1S/C9H6BrClN2O/c10-8-6-3-5(11)1-2-7(6)9(4-14-9)13-12-8/h1-3,13H,4H2/t9-/m0/s1. The van der Waals surface area contributed by atoms with Crippen LogP contribution in [-0.2, 0) is 10.5 Å². The fourth-order valence-corrected chi connectivity index (χ4v) is 2.18. The van der Waals surface area contributed by atoms with Crippen LogP contribution < -0.4 is 5.43 Å². The number of ether oxygens (including phenoxy) is 1. The third-order valence-electron chi connectivity index (χ3n) is 2.41. The molecule has 1 aromatic rings. The second kappa shape index (κ2) is 2.72. The van der Waals surface area contributed by atoms with Crippen molar-refractivity contribution in [2.75, 3.05) is 6.61 Å². The molecule has 1 saturated heterocycles. The summed E-state index contributed by atoms with van der Waals surface area (Å²) in [6.45, 7) is 0.658. The highest BCUT2D eigenvalue weighted by molar-refractivity contribution is 9.18. The van der Waals surface area contributed by atoms with E-state index in [1.54, 1.807) is 0 Å². The number of hydrogen-bond acceptors (Lipinski definition) is 3. The zero-order chi connectivity index (χ0) is 9.76. The van der Waals surface area contributed by atoms with Gasteiger partial charge in [0.15, 0.2) is 0 Å². The van der Waals surface area contributed by atoms with E-state index in [4.69, 9.17) is 16.3 Å². The minimum Gasteiger partial charge on any atom is -0.343 e. The second-order valence-corrected chi connectivity index (χ2v) is 4.51. The average Bonchev–Trinajstić information content (AvgIpc) is 2.93. The van der Waals surface area contributed by atoms with Gasteiger partial charge in [-0.3, -0.25) is 5.43 Å². The van der Waals surface area contributed by atoms with E-state index in [0.717, 1.165) is 15.7 Å². The summed E-state index contributed by atoms with van der Waals surface area (Å²) >= 11 is 9.29. The molecule has 0 radical (unpaired) electrons. The first-order valence-corrected chi connectivity index (χ1v) is 5.33. The van der Waals surface area contributed by atoms with E-state index in [2.05, 4.69) is 26.5 Å². The van der Waals surface area contributed by atoms with Crippen molar-refractivity contribution >= 4 is 32.2 Å². The van der Waals surface area contributed by atoms with E-state index in [9.17, 15) is 0 Å². The van der Waals surface area contributed by atoms with Crippen LogP contribution >= 0.6 is 27.5 Å². The Morgan fingerprint density at radius 1 is 1.57 bits per heavy atom. The molecule has 2 heterocycles. The van der Waals surface area contributed by atoms with Gasteiger partial charge in [0.05, 0.1) is 0 Å². The van der Waals surface area contributed by atoms with Crippen LogP contribution in [0.5, 0.6) is 0 Å². The SMILES string of the molecule is Clc1ccc2c(c1)C(Br)=NN[C@]21CO1. The number of fused-ring (bicyclic) bond motifs is 2. The summed E-state index contributed by atoms with van der Waals surface area (Å²) in [6, 6.07) is 5.71. The number of nitrogens with zero attached hydrogens (tertiary/aromatic N) is 1. The summed E-state index contributed by atoms with van der Waals surface area (Å²) in [7, 11) is 0. The van der Waals surface area contributed by atoms with E-state index in [-0.39, 0.29) is 0 Å². The van der Waals surface area contributed by atoms with E-state index in [1.165, 1.54) is 0 Å². The summed E-state index contributed by atoms with van der Waals surface area (Å²) in [5, 5.41) is 4.83. The Bertz CT molecular complexity index is 442. The maximum Gasteiger partial charge on any atom is 0.204 e. The Balaban J connectivity index is 2.23. The molecule has 5 heteroatoms. The summed E-state index contributed by atoms with van der Waals surface area (Å²) in [6.07, 6.45) is 0. The van der Waals surface area contributed by atoms with Gasteiger partial charge in [-0.15, -0.1) is 0 Å². The van der Waals surface area contributed by atoms with Gasteiger partial charge < -0.3 is 4.74 Å². The molecule has 2 aliphatic heterocycles. The molecule has 14 heavy (non-hydrogen) atoms. The Hall–Kier alpha value is -0.580. The summed E-state index contributed by atoms with van der Waals surface area (Å²) < 4.78 is 6.13. The predicted molar refractivity (Wildman–Crippen MR) is 57.7 cm³/mol. The molecule has 0 aliphatic carbocycles. The van der Waals surface area contributed by atoms with Crippen LogP contribution in [0.15, 0.2) is 23.3 Å². The Kier molecular flexibility index (Phi) is 1.69. The molecule has 3 rings (SSSR count). The van der Waals surface area contributed by atoms with Crippen molar-refractivity contribution in [2.24, 2.45) is 5.10 Å². The van der Waals surface area contributed by atoms with E-state index in [1.807, 2.05) is 18.2 Å². The second-order valence-electron chi connectivity index (χ2n) is 3.32. The number of hydrogen-bond donors (Lipinski definition) is 1. The molecule has 3 nitrogen and oxygen atoms in total. The molecule has 0 aromatic heterocycles. The monoisotopic (exact) mass is 272 g/mol. The number of epoxide rings is 1. The largest absolute Gasteiger partial charge is 0.343 e. The normalized spacial score (nSPS) is 28.0. The Morgan fingerprint density at radius 2 is 2.36 bits per heavy atom. The van der Waals surface area contributed by atoms with E-state index in [0.29, 0.717) is 11.6 Å². The third-order valence-corrected chi connectivity index (χ3v) is 3.25. The fraction of sp³-hybridized carbons (Fsp3) is 0.222. The van der Waals surface area contributed by atoms with Crippen molar-refractivity contribution < 1.29 is 4.74 Å². The highest BCUT2D eigenvalue weighted by Gasteiger charge is 2.50. The van der Waals surface area contributed by atoms with Crippen LogP contribution in [0.1, 0.15) is 11.1 Å². The number of nitrogens with one attached hydrogen (secondary N) is 1. The maximum absolute atomic E-state index is 5.92. The average molecular weight is 274 g/mol. The zero-order valence-electron chi connectivity index (χ0n) is 7.05. The number of benzene rings is 1. The van der Waals surface area contributed by atoms with Crippen molar-refractivity contribution in [2.45, 2.75) is 5.72 Å². The van der Waals surface area contributed by atoms with Crippen molar-refractivity contribution in [3.63, 3.8) is 0 Å². The summed E-state index contributed by atoms with van der Waals surface area (Å²) in [5.74, 6) is 0. The smallest absolute Gasteiger partial charge is 0.204 e. The molecular formula is C9H6BrClN2O. The van der Waals surface area contributed by atoms with Crippen molar-refractivity contribution in [1.82, 2.24) is 5.43 Å². The van der Waals surface area contributed by atoms with Crippen molar-refractivity contribution in [3.8, 4) is 0 Å². The van der Waals surface area contributed by atoms with Gasteiger partial charge in [0.1, 0.15) is 11.2 Å². The Labute approximate surface area is 94.2 Å². The quantitative estimate of drug-likeness (QED) is 0.736. The van der Waals surface area contributed by atoms with Gasteiger partial charge in [-0.25, -0.2) is 0 Å². The summed E-state index contributed by atoms with van der Waals surface area (Å²) in [5.41, 5.74) is 4.66. The lowest BCUT2D eigenvalue weighted by Gasteiger charge is -2.20. The fourth-order valence-electron chi connectivity index (χ4n) is 1.59. The highest BCUT2D eigenvalue weighted by atomic mass is 79.9. The molecule has 2 aliphatic rings. The van der Waals surface area contributed by atoms with Crippen LogP contribution in [0.4, 0.5) is 0 Å². The number of halogens is 2. The molecule has 0 unspecified atom stereocenters. The summed E-state index contributed by atoms with van der Waals surface area (Å²) in [4.78, 5) is 0. The van der Waals surface area contributed by atoms with Crippen molar-refractivity contribution in [1.29, 1.82) is 0 Å². The molecule has 0 saturated carbocycles. The van der Waals surface area contributed by atoms with Gasteiger partial charge in [-0.05, 0) is 28.1 Å². The first-order valence-electron chi connectivity index (χ1n) is 4.16. The topological polar surface area (TPSA) is 36.9 Å². The third kappa shape index (κ3) is 1.11.